The van der Waals surface area contributed by atoms with Crippen LogP contribution in [-0.2, 0) is 21.2 Å². The van der Waals surface area contributed by atoms with Gasteiger partial charge in [0, 0.05) is 0 Å². The molecule has 0 heterocycles. The van der Waals surface area contributed by atoms with Gasteiger partial charge in [0.25, 0.3) is 16.1 Å². The molecule has 74 valence electrons. The first-order valence-electron chi connectivity index (χ1n) is 4.03. The van der Waals surface area contributed by atoms with Gasteiger partial charge in [-0.25, -0.2) is 4.79 Å². The molecule has 0 atom stereocenters. The Hall–Kier alpha value is -1.45. The lowest BCUT2D eigenvalue weighted by atomic mass is 10.2. The molecule has 0 radical (unpaired) electrons. The molecule has 1 aromatic rings. The molecule has 0 bridgehead atoms. The summed E-state index contributed by atoms with van der Waals surface area (Å²) < 4.78 is 25.2. The molecule has 1 rings (SSSR count). The van der Waals surface area contributed by atoms with Crippen LogP contribution in [0.15, 0.2) is 33.6 Å². The van der Waals surface area contributed by atoms with Gasteiger partial charge in [-0.15, -0.1) is 0 Å². The lowest BCUT2D eigenvalue weighted by Crippen LogP contribution is -1.96. The number of hydrogen-bond donors (Lipinski definition) is 0. The highest BCUT2D eigenvalue weighted by Gasteiger charge is 2.11. The number of benzene rings is 1. The van der Waals surface area contributed by atoms with Gasteiger partial charge >= 0.3 is 0 Å². The van der Waals surface area contributed by atoms with E-state index in [0.29, 0.717) is 0 Å². The molecular formula is C9H9NO3S. The van der Waals surface area contributed by atoms with Crippen LogP contribution in [0, 0.1) is 0 Å². The normalized spacial score (nSPS) is 10.6. The molecule has 0 aliphatic carbocycles. The fraction of sp³-hybridized carbons (Fsp3) is 0.222. The Kier molecular flexibility index (Phi) is 3.17. The summed E-state index contributed by atoms with van der Waals surface area (Å²) in [7, 11) is -3.83. The van der Waals surface area contributed by atoms with E-state index in [4.69, 9.17) is 0 Å². The molecule has 0 amide bonds. The van der Waals surface area contributed by atoms with Crippen LogP contribution >= 0.6 is 0 Å². The zero-order valence-corrected chi connectivity index (χ0v) is 8.41. The molecule has 4 nitrogen and oxygen atoms in total. The van der Waals surface area contributed by atoms with Gasteiger partial charge in [0.15, 0.2) is 0 Å². The Morgan fingerprint density at radius 1 is 1.29 bits per heavy atom. The van der Waals surface area contributed by atoms with E-state index in [0.717, 1.165) is 18.1 Å². The predicted octanol–water partition coefficient (Wildman–Crippen LogP) is 1.27. The zero-order valence-electron chi connectivity index (χ0n) is 7.60. The molecule has 1 aromatic carbocycles. The summed E-state index contributed by atoms with van der Waals surface area (Å²) in [6.45, 7) is 1.97. The number of rotatable bonds is 3. The quantitative estimate of drug-likeness (QED) is 0.558. The second kappa shape index (κ2) is 4.17. The maximum absolute atomic E-state index is 11.2. The van der Waals surface area contributed by atoms with Gasteiger partial charge in [-0.1, -0.05) is 23.5 Å². The van der Waals surface area contributed by atoms with Crippen LogP contribution in [0.3, 0.4) is 0 Å². The number of nitrogens with zero attached hydrogens (tertiary/aromatic N) is 1. The monoisotopic (exact) mass is 211 g/mol. The molecule has 0 saturated heterocycles. The lowest BCUT2D eigenvalue weighted by molar-refractivity contribution is 0.563. The molecule has 5 heteroatoms. The van der Waals surface area contributed by atoms with E-state index in [1.165, 1.54) is 12.1 Å². The van der Waals surface area contributed by atoms with Gasteiger partial charge in [-0.05, 0) is 24.1 Å². The number of sulfonamides is 1. The Balaban J connectivity index is 3.16. The molecule has 14 heavy (non-hydrogen) atoms. The summed E-state index contributed by atoms with van der Waals surface area (Å²) in [5, 5.41) is 0. The number of hydrogen-bond acceptors (Lipinski definition) is 3. The summed E-state index contributed by atoms with van der Waals surface area (Å²) in [5.74, 6) is 0. The first-order valence-corrected chi connectivity index (χ1v) is 5.47. The first kappa shape index (κ1) is 10.6. The fourth-order valence-corrected chi connectivity index (χ4v) is 1.68. The van der Waals surface area contributed by atoms with Crippen molar-refractivity contribution in [1.82, 2.24) is 0 Å². The Morgan fingerprint density at radius 2 is 1.86 bits per heavy atom. The van der Waals surface area contributed by atoms with Gasteiger partial charge in [0.2, 0.25) is 0 Å². The summed E-state index contributed by atoms with van der Waals surface area (Å²) in [6.07, 6.45) is 1.85. The molecule has 0 saturated carbocycles. The number of carbonyl (C=O) groups excluding carboxylic acids is 1. The van der Waals surface area contributed by atoms with Crippen molar-refractivity contribution in [1.29, 1.82) is 0 Å². The summed E-state index contributed by atoms with van der Waals surface area (Å²) >= 11 is 0. The molecule has 0 spiro atoms. The average Bonchev–Trinajstić information content (AvgIpc) is 2.18. The highest BCUT2D eigenvalue weighted by molar-refractivity contribution is 7.90. The molecule has 0 fully saturated rings. The van der Waals surface area contributed by atoms with E-state index in [9.17, 15) is 13.2 Å². The third kappa shape index (κ3) is 2.28. The van der Waals surface area contributed by atoms with Crippen LogP contribution in [-0.4, -0.2) is 14.5 Å². The fourth-order valence-electron chi connectivity index (χ4n) is 0.999. The van der Waals surface area contributed by atoms with Gasteiger partial charge in [-0.3, -0.25) is 0 Å². The molecule has 0 aromatic heterocycles. The van der Waals surface area contributed by atoms with E-state index in [1.54, 1.807) is 12.1 Å². The predicted molar refractivity (Wildman–Crippen MR) is 51.1 cm³/mol. The van der Waals surface area contributed by atoms with Crippen molar-refractivity contribution >= 4 is 16.1 Å². The summed E-state index contributed by atoms with van der Waals surface area (Å²) in [6, 6.07) is 6.23. The van der Waals surface area contributed by atoms with Crippen LogP contribution in [0.5, 0.6) is 0 Å². The van der Waals surface area contributed by atoms with Crippen molar-refractivity contribution in [3.8, 4) is 0 Å². The maximum Gasteiger partial charge on any atom is 0.292 e. The Bertz CT molecular complexity index is 455. The van der Waals surface area contributed by atoms with Crippen molar-refractivity contribution in [3.05, 3.63) is 29.8 Å². The van der Waals surface area contributed by atoms with Crippen LogP contribution in [0.2, 0.25) is 0 Å². The van der Waals surface area contributed by atoms with E-state index in [-0.39, 0.29) is 4.90 Å². The minimum absolute atomic E-state index is 0.0121. The van der Waals surface area contributed by atoms with Crippen molar-refractivity contribution in [2.75, 3.05) is 0 Å². The molecule has 0 aliphatic heterocycles. The molecular weight excluding hydrogens is 202 g/mol. The average molecular weight is 211 g/mol. The highest BCUT2D eigenvalue weighted by Crippen LogP contribution is 2.12. The molecule has 0 unspecified atom stereocenters. The van der Waals surface area contributed by atoms with Crippen molar-refractivity contribution in [2.45, 2.75) is 18.2 Å². The minimum atomic E-state index is -3.83. The molecule has 0 aliphatic rings. The second-order valence-corrected chi connectivity index (χ2v) is 4.26. The largest absolute Gasteiger partial charge is 0.292 e. The Labute approximate surface area is 82.3 Å². The number of aryl methyl sites for hydroxylation is 1. The number of isocyanates is 1. The van der Waals surface area contributed by atoms with Crippen LogP contribution in [0.1, 0.15) is 12.5 Å². The molecule has 0 N–H and O–H groups in total. The van der Waals surface area contributed by atoms with E-state index in [2.05, 4.69) is 4.40 Å². The maximum atomic E-state index is 11.2. The van der Waals surface area contributed by atoms with E-state index < -0.39 is 10.0 Å². The Morgan fingerprint density at radius 3 is 2.29 bits per heavy atom. The SMILES string of the molecule is CCc1ccc(S(=O)(=O)N=C=O)cc1. The first-order chi connectivity index (χ1) is 6.60. The minimum Gasteiger partial charge on any atom is -0.210 e. The summed E-state index contributed by atoms with van der Waals surface area (Å²) in [5.41, 5.74) is 1.03. The van der Waals surface area contributed by atoms with Crippen LogP contribution in [0.25, 0.3) is 0 Å². The van der Waals surface area contributed by atoms with Gasteiger partial charge in [0.05, 0.1) is 4.90 Å². The van der Waals surface area contributed by atoms with Crippen molar-refractivity contribution in [2.24, 2.45) is 4.40 Å². The van der Waals surface area contributed by atoms with Crippen LogP contribution in [0.4, 0.5) is 0 Å². The van der Waals surface area contributed by atoms with Gasteiger partial charge in [0.1, 0.15) is 0 Å². The third-order valence-corrected chi connectivity index (χ3v) is 2.97. The van der Waals surface area contributed by atoms with Gasteiger partial charge < -0.3 is 0 Å². The highest BCUT2D eigenvalue weighted by atomic mass is 32.2. The summed E-state index contributed by atoms with van der Waals surface area (Å²) in [4.78, 5) is 9.86. The van der Waals surface area contributed by atoms with Gasteiger partial charge in [-0.2, -0.15) is 8.42 Å². The lowest BCUT2D eigenvalue weighted by Gasteiger charge is -1.98. The van der Waals surface area contributed by atoms with Crippen molar-refractivity contribution < 1.29 is 13.2 Å². The van der Waals surface area contributed by atoms with Crippen molar-refractivity contribution in [3.63, 3.8) is 0 Å². The standard InChI is InChI=1S/C9H9NO3S/c1-2-8-3-5-9(6-4-8)14(12,13)10-7-11/h3-6H,2H2,1H3. The zero-order chi connectivity index (χ0) is 10.6. The topological polar surface area (TPSA) is 63.6 Å². The smallest absolute Gasteiger partial charge is 0.210 e. The third-order valence-electron chi connectivity index (χ3n) is 1.79. The van der Waals surface area contributed by atoms with E-state index in [1.807, 2.05) is 6.92 Å². The van der Waals surface area contributed by atoms with E-state index >= 15 is 0 Å². The second-order valence-electron chi connectivity index (χ2n) is 2.66. The van der Waals surface area contributed by atoms with Crippen LogP contribution < -0.4 is 0 Å².